The zero-order valence-electron chi connectivity index (χ0n) is 14.4. The maximum Gasteiger partial charge on any atom is 0.270 e. The standard InChI is InChI=1S/C20H17FN4O2/c21-17-3-1-14(2-4-17)12-25-20(27)18-11-16(7-10-23-18)19(26)24-13-15-5-8-22-9-6-15/h1-11H,12-13H2,(H,24,26)(H,25,27). The molecule has 0 radical (unpaired) electrons. The molecule has 2 N–H and O–H groups in total. The van der Waals surface area contributed by atoms with Crippen molar-refractivity contribution in [2.45, 2.75) is 13.1 Å². The quantitative estimate of drug-likeness (QED) is 0.704. The first-order chi connectivity index (χ1) is 13.1. The normalized spacial score (nSPS) is 10.3. The predicted molar refractivity (Wildman–Crippen MR) is 97.2 cm³/mol. The molecule has 0 atom stereocenters. The molecule has 0 fully saturated rings. The lowest BCUT2D eigenvalue weighted by Gasteiger charge is -2.08. The molecule has 2 amide bonds. The first-order valence-electron chi connectivity index (χ1n) is 8.27. The van der Waals surface area contributed by atoms with Gasteiger partial charge in [-0.1, -0.05) is 12.1 Å². The Kier molecular flexibility index (Phi) is 5.84. The third-order valence-corrected chi connectivity index (χ3v) is 3.82. The Balaban J connectivity index is 1.59. The van der Waals surface area contributed by atoms with Crippen molar-refractivity contribution in [1.82, 2.24) is 20.6 Å². The summed E-state index contributed by atoms with van der Waals surface area (Å²) in [7, 11) is 0. The van der Waals surface area contributed by atoms with Crippen molar-refractivity contribution in [2.75, 3.05) is 0 Å². The van der Waals surface area contributed by atoms with Gasteiger partial charge in [0, 0.05) is 37.2 Å². The number of rotatable bonds is 6. The second-order valence-electron chi connectivity index (χ2n) is 5.78. The summed E-state index contributed by atoms with van der Waals surface area (Å²) in [5, 5.41) is 5.48. The summed E-state index contributed by atoms with van der Waals surface area (Å²) in [5.74, 6) is -1.05. The third-order valence-electron chi connectivity index (χ3n) is 3.82. The lowest BCUT2D eigenvalue weighted by Crippen LogP contribution is -2.26. The van der Waals surface area contributed by atoms with Gasteiger partial charge in [0.15, 0.2) is 0 Å². The monoisotopic (exact) mass is 364 g/mol. The van der Waals surface area contributed by atoms with E-state index in [4.69, 9.17) is 0 Å². The molecule has 27 heavy (non-hydrogen) atoms. The molecule has 0 aliphatic rings. The minimum absolute atomic E-state index is 0.133. The maximum absolute atomic E-state index is 12.9. The Labute approximate surface area is 155 Å². The second-order valence-corrected chi connectivity index (χ2v) is 5.78. The number of halogens is 1. The zero-order chi connectivity index (χ0) is 19.1. The Morgan fingerprint density at radius 3 is 2.15 bits per heavy atom. The topological polar surface area (TPSA) is 84.0 Å². The summed E-state index contributed by atoms with van der Waals surface area (Å²) in [6, 6.07) is 12.4. The number of nitrogens with one attached hydrogen (secondary N) is 2. The number of hydrogen-bond donors (Lipinski definition) is 2. The zero-order valence-corrected chi connectivity index (χ0v) is 14.4. The third kappa shape index (κ3) is 5.18. The molecule has 0 saturated heterocycles. The van der Waals surface area contributed by atoms with Crippen molar-refractivity contribution >= 4 is 11.8 Å². The molecule has 0 unspecified atom stereocenters. The van der Waals surface area contributed by atoms with E-state index in [9.17, 15) is 14.0 Å². The van der Waals surface area contributed by atoms with Crippen LogP contribution >= 0.6 is 0 Å². The summed E-state index contributed by atoms with van der Waals surface area (Å²) >= 11 is 0. The number of hydrogen-bond acceptors (Lipinski definition) is 4. The fourth-order valence-electron chi connectivity index (χ4n) is 2.36. The highest BCUT2D eigenvalue weighted by Gasteiger charge is 2.12. The molecule has 3 rings (SSSR count). The lowest BCUT2D eigenvalue weighted by atomic mass is 10.2. The van der Waals surface area contributed by atoms with Crippen LogP contribution in [0.25, 0.3) is 0 Å². The maximum atomic E-state index is 12.9. The molecule has 3 aromatic rings. The first kappa shape index (κ1) is 18.2. The number of nitrogens with zero attached hydrogens (tertiary/aromatic N) is 2. The highest BCUT2D eigenvalue weighted by molar-refractivity contribution is 5.98. The van der Waals surface area contributed by atoms with Crippen LogP contribution in [0.4, 0.5) is 4.39 Å². The molecule has 0 aliphatic carbocycles. The van der Waals surface area contributed by atoms with Gasteiger partial charge in [-0.2, -0.15) is 0 Å². The number of carbonyl (C=O) groups excluding carboxylic acids is 2. The van der Waals surface area contributed by atoms with Gasteiger partial charge < -0.3 is 10.6 Å². The van der Waals surface area contributed by atoms with E-state index in [-0.39, 0.29) is 24.0 Å². The SMILES string of the molecule is O=C(NCc1ccncc1)c1ccnc(C(=O)NCc2ccc(F)cc2)c1. The molecule has 2 aromatic heterocycles. The van der Waals surface area contributed by atoms with E-state index in [2.05, 4.69) is 20.6 Å². The number of pyridine rings is 2. The van der Waals surface area contributed by atoms with Crippen LogP contribution in [0.3, 0.4) is 0 Å². The molecule has 1 aromatic carbocycles. The van der Waals surface area contributed by atoms with E-state index >= 15 is 0 Å². The molecule has 0 saturated carbocycles. The Hall–Kier alpha value is -3.61. The van der Waals surface area contributed by atoms with E-state index in [1.807, 2.05) is 0 Å². The van der Waals surface area contributed by atoms with E-state index in [0.717, 1.165) is 11.1 Å². The van der Waals surface area contributed by atoms with Gasteiger partial charge in [-0.3, -0.25) is 19.6 Å². The van der Waals surface area contributed by atoms with Crippen molar-refractivity contribution < 1.29 is 14.0 Å². The molecule has 0 spiro atoms. The lowest BCUT2D eigenvalue weighted by molar-refractivity contribution is 0.0946. The number of carbonyl (C=O) groups is 2. The van der Waals surface area contributed by atoms with Crippen molar-refractivity contribution in [1.29, 1.82) is 0 Å². The van der Waals surface area contributed by atoms with Gasteiger partial charge in [0.25, 0.3) is 11.8 Å². The molecule has 0 bridgehead atoms. The van der Waals surface area contributed by atoms with Gasteiger partial charge >= 0.3 is 0 Å². The van der Waals surface area contributed by atoms with Crippen LogP contribution in [0.2, 0.25) is 0 Å². The van der Waals surface area contributed by atoms with Gasteiger partial charge in [-0.15, -0.1) is 0 Å². The van der Waals surface area contributed by atoms with Gasteiger partial charge in [0.1, 0.15) is 11.5 Å². The van der Waals surface area contributed by atoms with Crippen molar-refractivity contribution in [2.24, 2.45) is 0 Å². The molecular formula is C20H17FN4O2. The van der Waals surface area contributed by atoms with Gasteiger partial charge in [-0.05, 0) is 47.5 Å². The molecular weight excluding hydrogens is 347 g/mol. The highest BCUT2D eigenvalue weighted by atomic mass is 19.1. The summed E-state index contributed by atoms with van der Waals surface area (Å²) in [5.41, 5.74) is 2.15. The van der Waals surface area contributed by atoms with E-state index in [0.29, 0.717) is 12.1 Å². The van der Waals surface area contributed by atoms with Crippen LogP contribution < -0.4 is 10.6 Å². The minimum atomic E-state index is -0.414. The van der Waals surface area contributed by atoms with E-state index < -0.39 is 5.91 Å². The molecule has 136 valence electrons. The summed E-state index contributed by atoms with van der Waals surface area (Å²) in [6.07, 6.45) is 4.71. The smallest absolute Gasteiger partial charge is 0.270 e. The van der Waals surface area contributed by atoms with E-state index in [1.54, 1.807) is 42.7 Å². The van der Waals surface area contributed by atoms with Gasteiger partial charge in [0.05, 0.1) is 0 Å². The van der Waals surface area contributed by atoms with Crippen LogP contribution in [-0.4, -0.2) is 21.8 Å². The van der Waals surface area contributed by atoms with Crippen LogP contribution in [0.15, 0.2) is 67.1 Å². The van der Waals surface area contributed by atoms with E-state index in [1.165, 1.54) is 24.4 Å². The predicted octanol–water partition coefficient (Wildman–Crippen LogP) is 2.48. The van der Waals surface area contributed by atoms with Gasteiger partial charge in [0.2, 0.25) is 0 Å². The molecule has 2 heterocycles. The molecule has 6 nitrogen and oxygen atoms in total. The Bertz CT molecular complexity index is 930. The Morgan fingerprint density at radius 2 is 1.44 bits per heavy atom. The van der Waals surface area contributed by atoms with Crippen LogP contribution in [-0.2, 0) is 13.1 Å². The van der Waals surface area contributed by atoms with Crippen molar-refractivity contribution in [3.63, 3.8) is 0 Å². The van der Waals surface area contributed by atoms with Gasteiger partial charge in [-0.25, -0.2) is 4.39 Å². The largest absolute Gasteiger partial charge is 0.348 e. The second kappa shape index (κ2) is 8.66. The van der Waals surface area contributed by atoms with Crippen molar-refractivity contribution in [3.8, 4) is 0 Å². The summed E-state index contributed by atoms with van der Waals surface area (Å²) in [4.78, 5) is 32.5. The molecule has 0 aliphatic heterocycles. The average Bonchev–Trinajstić information content (AvgIpc) is 2.72. The first-order valence-corrected chi connectivity index (χ1v) is 8.27. The summed E-state index contributed by atoms with van der Waals surface area (Å²) in [6.45, 7) is 0.592. The number of amides is 2. The van der Waals surface area contributed by atoms with Crippen molar-refractivity contribution in [3.05, 3.63) is 95.3 Å². The number of benzene rings is 1. The molecule has 7 heteroatoms. The number of aromatic nitrogens is 2. The van der Waals surface area contributed by atoms with Crippen LogP contribution in [0.5, 0.6) is 0 Å². The fraction of sp³-hybridized carbons (Fsp3) is 0.100. The summed E-state index contributed by atoms with van der Waals surface area (Å²) < 4.78 is 12.9. The minimum Gasteiger partial charge on any atom is -0.348 e. The van der Waals surface area contributed by atoms with Crippen LogP contribution in [0, 0.1) is 5.82 Å². The fourth-order valence-corrected chi connectivity index (χ4v) is 2.36. The highest BCUT2D eigenvalue weighted by Crippen LogP contribution is 2.05. The Morgan fingerprint density at radius 1 is 0.815 bits per heavy atom. The average molecular weight is 364 g/mol. The van der Waals surface area contributed by atoms with Crippen LogP contribution in [0.1, 0.15) is 32.0 Å².